The Morgan fingerprint density at radius 1 is 1.03 bits per heavy atom. The van der Waals surface area contributed by atoms with E-state index in [2.05, 4.69) is 75.1 Å². The van der Waals surface area contributed by atoms with Crippen molar-refractivity contribution in [2.24, 2.45) is 0 Å². The highest BCUT2D eigenvalue weighted by molar-refractivity contribution is 7.99. The molecule has 0 saturated heterocycles. The molecule has 4 nitrogen and oxygen atoms in total. The molecule has 1 atom stereocenters. The van der Waals surface area contributed by atoms with Gasteiger partial charge in [-0.1, -0.05) is 78.8 Å². The SMILES string of the molecule is Cc1cccc([C@]2(C)CC(C)(C)N(C(=O)CSc3nc4ccccc4o3)c3ccccc32)c1. The second-order valence-electron chi connectivity index (χ2n) is 9.67. The van der Waals surface area contributed by atoms with E-state index < -0.39 is 0 Å². The number of fused-ring (bicyclic) bond motifs is 2. The van der Waals surface area contributed by atoms with Gasteiger partial charge in [0.2, 0.25) is 5.91 Å². The molecule has 0 saturated carbocycles. The third-order valence-corrected chi connectivity index (χ3v) is 7.44. The highest BCUT2D eigenvalue weighted by Crippen LogP contribution is 2.50. The minimum Gasteiger partial charge on any atom is -0.431 e. The molecule has 0 radical (unpaired) electrons. The summed E-state index contributed by atoms with van der Waals surface area (Å²) in [4.78, 5) is 20.1. The van der Waals surface area contributed by atoms with Gasteiger partial charge >= 0.3 is 0 Å². The van der Waals surface area contributed by atoms with Gasteiger partial charge in [-0.2, -0.15) is 0 Å². The van der Waals surface area contributed by atoms with Crippen LogP contribution in [-0.2, 0) is 10.2 Å². The second kappa shape index (κ2) is 8.07. The van der Waals surface area contributed by atoms with Crippen molar-refractivity contribution in [3.63, 3.8) is 0 Å². The zero-order valence-electron chi connectivity index (χ0n) is 19.5. The summed E-state index contributed by atoms with van der Waals surface area (Å²) in [5.74, 6) is 0.331. The van der Waals surface area contributed by atoms with Crippen LogP contribution in [0.15, 0.2) is 82.4 Å². The molecule has 4 aromatic rings. The van der Waals surface area contributed by atoms with E-state index in [9.17, 15) is 4.79 Å². The van der Waals surface area contributed by atoms with E-state index in [0.29, 0.717) is 5.22 Å². The minimum absolute atomic E-state index is 0.0611. The van der Waals surface area contributed by atoms with Crippen molar-refractivity contribution in [2.75, 3.05) is 10.7 Å². The third kappa shape index (κ3) is 3.84. The van der Waals surface area contributed by atoms with Crippen LogP contribution in [0.2, 0.25) is 0 Å². The average molecular weight is 457 g/mol. The fourth-order valence-electron chi connectivity index (χ4n) is 5.32. The van der Waals surface area contributed by atoms with Crippen LogP contribution in [0.3, 0.4) is 0 Å². The molecule has 1 amide bonds. The number of aryl methyl sites for hydroxylation is 1. The zero-order valence-corrected chi connectivity index (χ0v) is 20.3. The van der Waals surface area contributed by atoms with Crippen molar-refractivity contribution < 1.29 is 9.21 Å². The molecule has 0 unspecified atom stereocenters. The van der Waals surface area contributed by atoms with Crippen LogP contribution in [0.1, 0.15) is 43.9 Å². The summed E-state index contributed by atoms with van der Waals surface area (Å²) >= 11 is 1.35. The Kier molecular flexibility index (Phi) is 5.32. The lowest BCUT2D eigenvalue weighted by Gasteiger charge is -2.51. The van der Waals surface area contributed by atoms with Crippen LogP contribution in [0.4, 0.5) is 5.69 Å². The number of benzene rings is 3. The second-order valence-corrected chi connectivity index (χ2v) is 10.6. The molecule has 33 heavy (non-hydrogen) atoms. The fraction of sp³-hybridized carbons (Fsp3) is 0.286. The van der Waals surface area contributed by atoms with E-state index in [4.69, 9.17) is 4.42 Å². The number of nitrogens with zero attached hydrogens (tertiary/aromatic N) is 2. The van der Waals surface area contributed by atoms with Crippen LogP contribution in [-0.4, -0.2) is 22.2 Å². The smallest absolute Gasteiger partial charge is 0.257 e. The third-order valence-electron chi connectivity index (χ3n) is 6.63. The van der Waals surface area contributed by atoms with Crippen molar-refractivity contribution >= 4 is 34.5 Å². The minimum atomic E-state index is -0.355. The van der Waals surface area contributed by atoms with Crippen LogP contribution >= 0.6 is 11.8 Å². The molecule has 5 heteroatoms. The Morgan fingerprint density at radius 3 is 2.58 bits per heavy atom. The number of rotatable bonds is 4. The van der Waals surface area contributed by atoms with Gasteiger partial charge in [0.25, 0.3) is 5.22 Å². The molecule has 1 aromatic heterocycles. The predicted octanol–water partition coefficient (Wildman–Crippen LogP) is 6.75. The summed E-state index contributed by atoms with van der Waals surface area (Å²) in [6, 6.07) is 24.7. The number of carbonyl (C=O) groups excluding carboxylic acids is 1. The van der Waals surface area contributed by atoms with Crippen LogP contribution < -0.4 is 4.90 Å². The van der Waals surface area contributed by atoms with Gasteiger partial charge in [-0.3, -0.25) is 4.79 Å². The number of hydrogen-bond donors (Lipinski definition) is 0. The Morgan fingerprint density at radius 2 is 1.79 bits per heavy atom. The molecular weight excluding hydrogens is 428 g/mol. The maximum atomic E-state index is 13.6. The number of carbonyl (C=O) groups is 1. The summed E-state index contributed by atoms with van der Waals surface area (Å²) in [7, 11) is 0. The summed E-state index contributed by atoms with van der Waals surface area (Å²) in [5, 5.41) is 0.525. The van der Waals surface area contributed by atoms with E-state index in [1.165, 1.54) is 28.5 Å². The van der Waals surface area contributed by atoms with Crippen LogP contribution in [0.5, 0.6) is 0 Å². The first-order valence-corrected chi connectivity index (χ1v) is 12.2. The maximum Gasteiger partial charge on any atom is 0.257 e. The van der Waals surface area contributed by atoms with E-state index in [-0.39, 0.29) is 22.6 Å². The molecule has 0 aliphatic carbocycles. The number of hydrogen-bond acceptors (Lipinski definition) is 4. The molecule has 168 valence electrons. The first-order chi connectivity index (χ1) is 15.8. The van der Waals surface area contributed by atoms with Crippen molar-refractivity contribution in [1.82, 2.24) is 4.98 Å². The molecule has 0 spiro atoms. The topological polar surface area (TPSA) is 46.3 Å². The molecule has 0 bridgehead atoms. The van der Waals surface area contributed by atoms with Crippen LogP contribution in [0, 0.1) is 6.92 Å². The van der Waals surface area contributed by atoms with Crippen molar-refractivity contribution in [3.05, 3.63) is 89.5 Å². The molecule has 0 fully saturated rings. The standard InChI is InChI=1S/C28H28N2O2S/c1-19-10-9-11-20(16-19)28(4)18-27(2,3)30(23-14-7-5-12-21(23)28)25(31)17-33-26-29-22-13-6-8-15-24(22)32-26/h5-16H,17-18H2,1-4H3/t28-/m0/s1. The zero-order chi connectivity index (χ0) is 23.2. The van der Waals surface area contributed by atoms with Gasteiger partial charge in [-0.15, -0.1) is 0 Å². The average Bonchev–Trinajstić information content (AvgIpc) is 3.20. The highest BCUT2D eigenvalue weighted by Gasteiger charge is 2.47. The van der Waals surface area contributed by atoms with E-state index in [0.717, 1.165) is 23.2 Å². The summed E-state index contributed by atoms with van der Waals surface area (Å²) in [5.41, 5.74) is 5.72. The molecule has 3 aromatic carbocycles. The lowest BCUT2D eigenvalue weighted by atomic mass is 9.65. The first-order valence-electron chi connectivity index (χ1n) is 11.3. The Labute approximate surface area is 199 Å². The molecule has 2 heterocycles. The Hall–Kier alpha value is -3.05. The first kappa shape index (κ1) is 21.8. The van der Waals surface area contributed by atoms with Crippen molar-refractivity contribution in [1.29, 1.82) is 0 Å². The van der Waals surface area contributed by atoms with Gasteiger partial charge < -0.3 is 9.32 Å². The highest BCUT2D eigenvalue weighted by atomic mass is 32.2. The number of anilines is 1. The van der Waals surface area contributed by atoms with Crippen molar-refractivity contribution in [3.8, 4) is 0 Å². The molecule has 1 aliphatic heterocycles. The molecular formula is C28H28N2O2S. The van der Waals surface area contributed by atoms with Crippen LogP contribution in [0.25, 0.3) is 11.1 Å². The van der Waals surface area contributed by atoms with Gasteiger partial charge in [0.05, 0.1) is 5.75 Å². The number of amides is 1. The molecule has 1 aliphatic rings. The van der Waals surface area contributed by atoms with Gasteiger partial charge in [0.15, 0.2) is 5.58 Å². The Bertz CT molecular complexity index is 1310. The van der Waals surface area contributed by atoms with Gasteiger partial charge in [0, 0.05) is 16.6 Å². The number of aromatic nitrogens is 1. The maximum absolute atomic E-state index is 13.6. The summed E-state index contributed by atoms with van der Waals surface area (Å²) in [6.45, 7) is 8.76. The number of para-hydroxylation sites is 3. The fourth-order valence-corrected chi connectivity index (χ4v) is 6.01. The predicted molar refractivity (Wildman–Crippen MR) is 135 cm³/mol. The van der Waals surface area contributed by atoms with E-state index in [1.807, 2.05) is 35.2 Å². The number of thioether (sulfide) groups is 1. The Balaban J connectivity index is 1.48. The quantitative estimate of drug-likeness (QED) is 0.319. The lowest BCUT2D eigenvalue weighted by molar-refractivity contribution is -0.117. The molecule has 5 rings (SSSR count). The lowest BCUT2D eigenvalue weighted by Crippen LogP contribution is -2.56. The summed E-state index contributed by atoms with van der Waals surface area (Å²) in [6.07, 6.45) is 0.833. The monoisotopic (exact) mass is 456 g/mol. The van der Waals surface area contributed by atoms with Gasteiger partial charge in [0.1, 0.15) is 5.52 Å². The van der Waals surface area contributed by atoms with Gasteiger partial charge in [-0.25, -0.2) is 4.98 Å². The van der Waals surface area contributed by atoms with E-state index in [1.54, 1.807) is 0 Å². The normalized spacial score (nSPS) is 19.5. The largest absolute Gasteiger partial charge is 0.431 e. The van der Waals surface area contributed by atoms with Gasteiger partial charge in [-0.05, 0) is 56.5 Å². The summed E-state index contributed by atoms with van der Waals surface area (Å²) < 4.78 is 5.81. The van der Waals surface area contributed by atoms with E-state index >= 15 is 0 Å². The number of oxazole rings is 1. The molecule has 0 N–H and O–H groups in total. The van der Waals surface area contributed by atoms with Crippen molar-refractivity contribution in [2.45, 2.75) is 50.3 Å².